The average Bonchev–Trinajstić information content (AvgIpc) is 2.58. The molecule has 0 bridgehead atoms. The third kappa shape index (κ3) is 6.29. The van der Waals surface area contributed by atoms with Crippen molar-refractivity contribution in [3.63, 3.8) is 0 Å². The van der Waals surface area contributed by atoms with E-state index in [-0.39, 0.29) is 30.8 Å². The van der Waals surface area contributed by atoms with Crippen LogP contribution in [0.25, 0.3) is 0 Å². The van der Waals surface area contributed by atoms with Crippen LogP contribution >= 0.6 is 31.9 Å². The summed E-state index contributed by atoms with van der Waals surface area (Å²) in [5.41, 5.74) is 0.618. The maximum absolute atomic E-state index is 12.1. The lowest BCUT2D eigenvalue weighted by Gasteiger charge is -2.25. The number of hydrogen-bond acceptors (Lipinski definition) is 4. The topological polar surface area (TPSA) is 64.6 Å². The van der Waals surface area contributed by atoms with E-state index in [2.05, 4.69) is 44.1 Å². The molecule has 1 aliphatic carbocycles. The smallest absolute Gasteiger partial charge is 0.306 e. The molecule has 0 atom stereocenters. The number of amides is 1. The predicted octanol–water partition coefficient (Wildman–Crippen LogP) is 5.06. The minimum Gasteiger partial charge on any atom is -0.496 e. The van der Waals surface area contributed by atoms with Crippen molar-refractivity contribution in [1.29, 1.82) is 0 Å². The number of carbonyl (C=O) groups is 2. The molecule has 2 rings (SSSR count). The number of rotatable bonds is 6. The van der Waals surface area contributed by atoms with Gasteiger partial charge in [0.1, 0.15) is 11.9 Å². The molecule has 0 heterocycles. The summed E-state index contributed by atoms with van der Waals surface area (Å²) in [7, 11) is 1.57. The Morgan fingerprint density at radius 2 is 1.80 bits per heavy atom. The van der Waals surface area contributed by atoms with E-state index in [1.807, 2.05) is 0 Å². The van der Waals surface area contributed by atoms with E-state index in [1.54, 1.807) is 19.2 Å². The standard InChI is InChI=1S/C18H23Br2NO4/c1-11-3-5-12(6-4-11)25-18(23)8-7-17(22)21-15-9-14(20)16(24-2)10-13(15)19/h9-12H,3-8H2,1-2H3,(H,21,22). The predicted molar refractivity (Wildman–Crippen MR) is 104 cm³/mol. The quantitative estimate of drug-likeness (QED) is 0.582. The maximum Gasteiger partial charge on any atom is 0.306 e. The van der Waals surface area contributed by atoms with Crippen LogP contribution in [0.1, 0.15) is 45.4 Å². The number of anilines is 1. The zero-order chi connectivity index (χ0) is 18.4. The Morgan fingerprint density at radius 3 is 2.44 bits per heavy atom. The van der Waals surface area contributed by atoms with Crippen molar-refractivity contribution >= 4 is 49.4 Å². The Hall–Kier alpha value is -1.08. The molecule has 1 N–H and O–H groups in total. The number of ether oxygens (including phenoxy) is 2. The lowest BCUT2D eigenvalue weighted by molar-refractivity contribution is -0.151. The minimum atomic E-state index is -0.301. The Balaban J connectivity index is 1.78. The number of benzene rings is 1. The Morgan fingerprint density at radius 1 is 1.12 bits per heavy atom. The van der Waals surface area contributed by atoms with Gasteiger partial charge in [-0.25, -0.2) is 0 Å². The molecule has 1 aliphatic rings. The highest BCUT2D eigenvalue weighted by molar-refractivity contribution is 9.11. The van der Waals surface area contributed by atoms with Gasteiger partial charge in [0.25, 0.3) is 0 Å². The largest absolute Gasteiger partial charge is 0.496 e. The van der Waals surface area contributed by atoms with Crippen LogP contribution in [0, 0.1) is 5.92 Å². The van der Waals surface area contributed by atoms with E-state index in [0.29, 0.717) is 21.8 Å². The Kier molecular flexibility index (Phi) is 7.75. The van der Waals surface area contributed by atoms with Crippen molar-refractivity contribution in [2.75, 3.05) is 12.4 Å². The van der Waals surface area contributed by atoms with Gasteiger partial charge in [0, 0.05) is 10.9 Å². The first-order valence-corrected chi connectivity index (χ1v) is 10.00. The molecular formula is C18H23Br2NO4. The summed E-state index contributed by atoms with van der Waals surface area (Å²) in [6.45, 7) is 2.22. The summed E-state index contributed by atoms with van der Waals surface area (Å²) in [4.78, 5) is 24.0. The summed E-state index contributed by atoms with van der Waals surface area (Å²) in [6.07, 6.45) is 4.24. The van der Waals surface area contributed by atoms with Crippen LogP contribution in [-0.2, 0) is 14.3 Å². The van der Waals surface area contributed by atoms with Crippen molar-refractivity contribution < 1.29 is 19.1 Å². The van der Waals surface area contributed by atoms with E-state index >= 15 is 0 Å². The highest BCUT2D eigenvalue weighted by Crippen LogP contribution is 2.34. The maximum atomic E-state index is 12.1. The lowest BCUT2D eigenvalue weighted by atomic mass is 9.89. The third-order valence-electron chi connectivity index (χ3n) is 4.33. The molecule has 138 valence electrons. The van der Waals surface area contributed by atoms with Gasteiger partial charge in [-0.1, -0.05) is 6.92 Å². The molecule has 0 aromatic heterocycles. The van der Waals surface area contributed by atoms with Crippen molar-refractivity contribution in [3.8, 4) is 5.75 Å². The second-order valence-electron chi connectivity index (χ2n) is 6.39. The second kappa shape index (κ2) is 9.57. The van der Waals surface area contributed by atoms with Gasteiger partial charge in [0.15, 0.2) is 0 Å². The van der Waals surface area contributed by atoms with Gasteiger partial charge in [-0.15, -0.1) is 0 Å². The number of nitrogens with one attached hydrogen (secondary N) is 1. The highest BCUT2D eigenvalue weighted by atomic mass is 79.9. The summed E-state index contributed by atoms with van der Waals surface area (Å²) >= 11 is 6.78. The molecule has 1 fully saturated rings. The van der Waals surface area contributed by atoms with Gasteiger partial charge in [-0.2, -0.15) is 0 Å². The van der Waals surface area contributed by atoms with Gasteiger partial charge in [0.2, 0.25) is 5.91 Å². The van der Waals surface area contributed by atoms with Gasteiger partial charge in [-0.05, 0) is 75.6 Å². The molecule has 5 nitrogen and oxygen atoms in total. The minimum absolute atomic E-state index is 0.0125. The molecule has 25 heavy (non-hydrogen) atoms. The van der Waals surface area contributed by atoms with Crippen LogP contribution < -0.4 is 10.1 Å². The van der Waals surface area contributed by atoms with Crippen LogP contribution in [0.3, 0.4) is 0 Å². The number of halogens is 2. The number of methoxy groups -OCH3 is 1. The van der Waals surface area contributed by atoms with Crippen molar-refractivity contribution in [1.82, 2.24) is 0 Å². The van der Waals surface area contributed by atoms with Crippen LogP contribution in [0.15, 0.2) is 21.1 Å². The molecule has 0 unspecified atom stereocenters. The fourth-order valence-electron chi connectivity index (χ4n) is 2.80. The van der Waals surface area contributed by atoms with E-state index < -0.39 is 0 Å². The first-order valence-electron chi connectivity index (χ1n) is 8.41. The molecule has 1 aromatic rings. The second-order valence-corrected chi connectivity index (χ2v) is 8.10. The zero-order valence-electron chi connectivity index (χ0n) is 14.4. The lowest BCUT2D eigenvalue weighted by Crippen LogP contribution is -2.24. The molecule has 0 aliphatic heterocycles. The monoisotopic (exact) mass is 475 g/mol. The average molecular weight is 477 g/mol. The summed E-state index contributed by atoms with van der Waals surface area (Å²) in [5, 5.41) is 2.79. The molecular weight excluding hydrogens is 454 g/mol. The van der Waals surface area contributed by atoms with Crippen molar-refractivity contribution in [2.24, 2.45) is 5.92 Å². The van der Waals surface area contributed by atoms with Crippen molar-refractivity contribution in [3.05, 3.63) is 21.1 Å². The number of carbonyl (C=O) groups excluding carboxylic acids is 2. The van der Waals surface area contributed by atoms with E-state index in [4.69, 9.17) is 9.47 Å². The Labute approximate surface area is 165 Å². The molecule has 7 heteroatoms. The normalized spacial score (nSPS) is 20.0. The van der Waals surface area contributed by atoms with Crippen LogP contribution in [0.5, 0.6) is 5.75 Å². The van der Waals surface area contributed by atoms with Gasteiger partial charge < -0.3 is 14.8 Å². The van der Waals surface area contributed by atoms with E-state index in [1.165, 1.54) is 0 Å². The van der Waals surface area contributed by atoms with Gasteiger partial charge in [-0.3, -0.25) is 9.59 Å². The Bertz CT molecular complexity index is 628. The van der Waals surface area contributed by atoms with Crippen molar-refractivity contribution in [2.45, 2.75) is 51.6 Å². The first-order chi connectivity index (χ1) is 11.9. The molecule has 0 radical (unpaired) electrons. The SMILES string of the molecule is COc1cc(Br)c(NC(=O)CCC(=O)OC2CCC(C)CC2)cc1Br. The molecule has 1 aromatic carbocycles. The zero-order valence-corrected chi connectivity index (χ0v) is 17.6. The molecule has 1 saturated carbocycles. The third-order valence-corrected chi connectivity index (χ3v) is 5.61. The summed E-state index contributed by atoms with van der Waals surface area (Å²) in [6, 6.07) is 3.51. The van der Waals surface area contributed by atoms with Crippen LogP contribution in [0.2, 0.25) is 0 Å². The van der Waals surface area contributed by atoms with Gasteiger partial charge >= 0.3 is 5.97 Å². The highest BCUT2D eigenvalue weighted by Gasteiger charge is 2.21. The van der Waals surface area contributed by atoms with Crippen LogP contribution in [-0.4, -0.2) is 25.1 Å². The summed E-state index contributed by atoms with van der Waals surface area (Å²) in [5.74, 6) is 0.843. The van der Waals surface area contributed by atoms with E-state index in [0.717, 1.165) is 30.2 Å². The fourth-order valence-corrected chi connectivity index (χ4v) is 3.73. The molecule has 0 saturated heterocycles. The van der Waals surface area contributed by atoms with E-state index in [9.17, 15) is 9.59 Å². The van der Waals surface area contributed by atoms with Gasteiger partial charge in [0.05, 0.1) is 23.7 Å². The first kappa shape index (κ1) is 20.2. The molecule has 1 amide bonds. The number of esters is 1. The molecule has 0 spiro atoms. The van der Waals surface area contributed by atoms with Crippen LogP contribution in [0.4, 0.5) is 5.69 Å². The fraction of sp³-hybridized carbons (Fsp3) is 0.556. The summed E-state index contributed by atoms with van der Waals surface area (Å²) < 4.78 is 12.1. The number of hydrogen-bond donors (Lipinski definition) is 1.